The Kier molecular flexibility index (Phi) is 2.18. The molecule has 0 amide bonds. The van der Waals surface area contributed by atoms with Crippen molar-refractivity contribution in [3.05, 3.63) is 64.4 Å². The molecule has 3 heterocycles. The summed E-state index contributed by atoms with van der Waals surface area (Å²) in [5, 5.41) is 11.4. The van der Waals surface area contributed by atoms with E-state index >= 15 is 0 Å². The van der Waals surface area contributed by atoms with E-state index in [1.54, 1.807) is 42.7 Å². The lowest BCUT2D eigenvalue weighted by molar-refractivity contribution is 1.28. The van der Waals surface area contributed by atoms with E-state index < -0.39 is 0 Å². The SMILES string of the molecule is N=c1ccc2nc3c(=O)c4ccc[nH]c4c4nccc(c2c1)c34. The fourth-order valence-corrected chi connectivity index (χ4v) is 3.25. The highest BCUT2D eigenvalue weighted by Gasteiger charge is 2.16. The van der Waals surface area contributed by atoms with Crippen molar-refractivity contribution >= 4 is 43.6 Å². The molecule has 0 saturated heterocycles. The second-order valence-electron chi connectivity index (χ2n) is 5.56. The molecular weight excluding hydrogens is 288 g/mol. The van der Waals surface area contributed by atoms with Crippen LogP contribution in [0.2, 0.25) is 0 Å². The summed E-state index contributed by atoms with van der Waals surface area (Å²) in [7, 11) is 0. The minimum Gasteiger partial charge on any atom is -0.359 e. The van der Waals surface area contributed by atoms with Gasteiger partial charge in [0.15, 0.2) is 0 Å². The molecule has 0 spiro atoms. The van der Waals surface area contributed by atoms with Gasteiger partial charge in [0.2, 0.25) is 5.43 Å². The first-order valence-electron chi connectivity index (χ1n) is 7.24. The van der Waals surface area contributed by atoms with Gasteiger partial charge in [-0.15, -0.1) is 0 Å². The fraction of sp³-hybridized carbons (Fsp3) is 0. The Morgan fingerprint density at radius 3 is 2.83 bits per heavy atom. The van der Waals surface area contributed by atoms with Crippen LogP contribution in [0.1, 0.15) is 0 Å². The lowest BCUT2D eigenvalue weighted by atomic mass is 10.0. The van der Waals surface area contributed by atoms with E-state index in [2.05, 4.69) is 15.0 Å². The van der Waals surface area contributed by atoms with Crippen molar-refractivity contribution in [1.82, 2.24) is 15.0 Å². The van der Waals surface area contributed by atoms with Crippen LogP contribution in [0.3, 0.4) is 0 Å². The van der Waals surface area contributed by atoms with Crippen LogP contribution in [0, 0.1) is 5.41 Å². The third-order valence-corrected chi connectivity index (χ3v) is 4.26. The molecule has 0 atom stereocenters. The molecule has 0 aliphatic carbocycles. The molecular formula is C18H10N4O. The molecule has 0 unspecified atom stereocenters. The van der Waals surface area contributed by atoms with Crippen LogP contribution in [-0.2, 0) is 0 Å². The minimum absolute atomic E-state index is 0.0980. The Labute approximate surface area is 129 Å². The average molecular weight is 298 g/mol. The van der Waals surface area contributed by atoms with E-state index in [0.717, 1.165) is 32.7 Å². The van der Waals surface area contributed by atoms with Gasteiger partial charge in [-0.3, -0.25) is 9.78 Å². The molecule has 5 rings (SSSR count). The molecule has 108 valence electrons. The van der Waals surface area contributed by atoms with Crippen molar-refractivity contribution in [2.45, 2.75) is 0 Å². The maximum Gasteiger partial charge on any atom is 0.214 e. The second-order valence-corrected chi connectivity index (χ2v) is 5.56. The molecule has 3 aromatic heterocycles. The van der Waals surface area contributed by atoms with Crippen molar-refractivity contribution in [2.24, 2.45) is 0 Å². The van der Waals surface area contributed by atoms with E-state index in [9.17, 15) is 4.79 Å². The van der Waals surface area contributed by atoms with Crippen molar-refractivity contribution in [1.29, 1.82) is 5.41 Å². The molecule has 0 saturated carbocycles. The lowest BCUT2D eigenvalue weighted by Crippen LogP contribution is -2.08. The van der Waals surface area contributed by atoms with E-state index in [1.165, 1.54) is 0 Å². The predicted octanol–water partition coefficient (Wildman–Crippen LogP) is 2.69. The van der Waals surface area contributed by atoms with E-state index in [-0.39, 0.29) is 5.43 Å². The lowest BCUT2D eigenvalue weighted by Gasteiger charge is -2.09. The van der Waals surface area contributed by atoms with Crippen molar-refractivity contribution in [3.8, 4) is 0 Å². The van der Waals surface area contributed by atoms with Crippen LogP contribution >= 0.6 is 0 Å². The van der Waals surface area contributed by atoms with Crippen LogP contribution in [0.4, 0.5) is 0 Å². The van der Waals surface area contributed by atoms with Crippen LogP contribution in [0.25, 0.3) is 43.6 Å². The first-order valence-corrected chi connectivity index (χ1v) is 7.24. The Balaban J connectivity index is 2.25. The van der Waals surface area contributed by atoms with Crippen LogP contribution in [0.15, 0.2) is 53.6 Å². The molecule has 0 fully saturated rings. The van der Waals surface area contributed by atoms with Gasteiger partial charge in [-0.25, -0.2) is 4.98 Å². The maximum absolute atomic E-state index is 12.9. The summed E-state index contributed by atoms with van der Waals surface area (Å²) < 4.78 is 0. The normalized spacial score (nSPS) is 11.8. The first kappa shape index (κ1) is 12.2. The molecule has 23 heavy (non-hydrogen) atoms. The maximum atomic E-state index is 12.9. The number of H-pyrrole nitrogens is 1. The first-order chi connectivity index (χ1) is 11.2. The zero-order valence-electron chi connectivity index (χ0n) is 11.9. The minimum atomic E-state index is -0.0980. The smallest absolute Gasteiger partial charge is 0.214 e. The molecule has 5 nitrogen and oxygen atoms in total. The van der Waals surface area contributed by atoms with E-state index in [1.807, 2.05) is 6.07 Å². The van der Waals surface area contributed by atoms with E-state index in [4.69, 9.17) is 5.41 Å². The summed E-state index contributed by atoms with van der Waals surface area (Å²) in [6, 6.07) is 10.7. The largest absolute Gasteiger partial charge is 0.359 e. The highest BCUT2D eigenvalue weighted by molar-refractivity contribution is 6.23. The van der Waals surface area contributed by atoms with Gasteiger partial charge in [-0.2, -0.15) is 0 Å². The van der Waals surface area contributed by atoms with Crippen molar-refractivity contribution < 1.29 is 0 Å². The van der Waals surface area contributed by atoms with Crippen LogP contribution in [0.5, 0.6) is 0 Å². The molecule has 5 heteroatoms. The predicted molar refractivity (Wildman–Crippen MR) is 89.7 cm³/mol. The summed E-state index contributed by atoms with van der Waals surface area (Å²) in [6.45, 7) is 0. The highest BCUT2D eigenvalue weighted by atomic mass is 16.1. The molecule has 2 N–H and O–H groups in total. The Morgan fingerprint density at radius 1 is 1.00 bits per heavy atom. The summed E-state index contributed by atoms with van der Waals surface area (Å²) in [6.07, 6.45) is 3.52. The molecule has 0 bridgehead atoms. The van der Waals surface area contributed by atoms with Gasteiger partial charge in [-0.05, 0) is 41.8 Å². The number of aromatic amines is 1. The third-order valence-electron chi connectivity index (χ3n) is 4.26. The third kappa shape index (κ3) is 1.51. The zero-order chi connectivity index (χ0) is 15.6. The van der Waals surface area contributed by atoms with Gasteiger partial charge >= 0.3 is 0 Å². The number of benzene rings is 2. The molecule has 2 aromatic carbocycles. The number of fused-ring (bicyclic) bond motifs is 4. The summed E-state index contributed by atoms with van der Waals surface area (Å²) >= 11 is 0. The standard InChI is InChI=1S/C18H10N4O/c19-9-3-4-13-12(8-9)10-5-7-21-16-14(10)17(22-13)18(23)11-2-1-6-20-15(11)16/h1-8,19-20H. The van der Waals surface area contributed by atoms with Crippen LogP contribution in [-0.4, -0.2) is 15.0 Å². The van der Waals surface area contributed by atoms with E-state index in [0.29, 0.717) is 16.3 Å². The molecule has 0 aliphatic rings. The van der Waals surface area contributed by atoms with Crippen molar-refractivity contribution in [3.63, 3.8) is 0 Å². The Hall–Kier alpha value is -3.34. The van der Waals surface area contributed by atoms with Gasteiger partial charge in [0.05, 0.1) is 21.9 Å². The summed E-state index contributed by atoms with van der Waals surface area (Å²) in [5.41, 5.74) is 2.51. The van der Waals surface area contributed by atoms with Gasteiger partial charge in [0.25, 0.3) is 0 Å². The van der Waals surface area contributed by atoms with Gasteiger partial charge in [0, 0.05) is 28.6 Å². The number of nitrogens with one attached hydrogen (secondary N) is 2. The number of pyridine rings is 3. The number of rotatable bonds is 0. The topological polar surface area (TPSA) is 82.5 Å². The number of nitrogens with zero attached hydrogens (tertiary/aromatic N) is 2. The molecule has 5 aromatic rings. The Bertz CT molecular complexity index is 1350. The quantitative estimate of drug-likeness (QED) is 0.340. The highest BCUT2D eigenvalue weighted by Crippen LogP contribution is 2.31. The second kappa shape index (κ2) is 4.10. The monoisotopic (exact) mass is 298 g/mol. The average Bonchev–Trinajstić information content (AvgIpc) is 2.59. The molecule has 0 radical (unpaired) electrons. The van der Waals surface area contributed by atoms with Gasteiger partial charge in [0.1, 0.15) is 5.52 Å². The number of aromatic nitrogens is 3. The zero-order valence-corrected chi connectivity index (χ0v) is 11.9. The van der Waals surface area contributed by atoms with Crippen LogP contribution < -0.4 is 10.8 Å². The number of hydrogen-bond acceptors (Lipinski definition) is 4. The van der Waals surface area contributed by atoms with Gasteiger partial charge in [-0.1, -0.05) is 0 Å². The number of hydrogen-bond donors (Lipinski definition) is 2. The van der Waals surface area contributed by atoms with Gasteiger partial charge < -0.3 is 10.4 Å². The molecule has 0 aliphatic heterocycles. The van der Waals surface area contributed by atoms with Crippen molar-refractivity contribution in [2.75, 3.05) is 0 Å². The fourth-order valence-electron chi connectivity index (χ4n) is 3.25. The Morgan fingerprint density at radius 2 is 1.91 bits per heavy atom. The summed E-state index contributed by atoms with van der Waals surface area (Å²) in [4.78, 5) is 25.0. The summed E-state index contributed by atoms with van der Waals surface area (Å²) in [5.74, 6) is 0.